The van der Waals surface area contributed by atoms with Crippen molar-refractivity contribution in [2.45, 2.75) is 59.3 Å². The monoisotopic (exact) mass is 532 g/mol. The van der Waals surface area contributed by atoms with Crippen molar-refractivity contribution in [2.75, 3.05) is 11.9 Å². The molecule has 0 spiro atoms. The van der Waals surface area contributed by atoms with Crippen LogP contribution >= 0.6 is 0 Å². The van der Waals surface area contributed by atoms with E-state index in [9.17, 15) is 19.1 Å². The summed E-state index contributed by atoms with van der Waals surface area (Å²) in [4.78, 5) is 29.0. The number of aromatic nitrogens is 1. The Morgan fingerprint density at radius 3 is 2.46 bits per heavy atom. The van der Waals surface area contributed by atoms with E-state index in [1.165, 1.54) is 12.1 Å². The summed E-state index contributed by atoms with van der Waals surface area (Å²) >= 11 is 0. The van der Waals surface area contributed by atoms with Gasteiger partial charge >= 0.3 is 5.97 Å². The first-order valence-corrected chi connectivity index (χ1v) is 13.4. The number of anilines is 1. The lowest BCUT2D eigenvalue weighted by Gasteiger charge is -2.25. The first-order valence-electron chi connectivity index (χ1n) is 13.4. The minimum atomic E-state index is -1.06. The van der Waals surface area contributed by atoms with Gasteiger partial charge in [-0.1, -0.05) is 50.3 Å². The fourth-order valence-corrected chi connectivity index (χ4v) is 4.32. The molecular formula is C32H37FN2O4. The number of carboxylic acid groups (broad SMARTS) is 1. The molecule has 206 valence electrons. The van der Waals surface area contributed by atoms with Crippen molar-refractivity contribution in [1.82, 2.24) is 4.98 Å². The van der Waals surface area contributed by atoms with Gasteiger partial charge in [0.05, 0.1) is 17.7 Å². The number of nitrogens with one attached hydrogen (secondary N) is 1. The number of carboxylic acids is 1. The number of ether oxygens (including phenoxy) is 1. The second-order valence-electron chi connectivity index (χ2n) is 9.76. The Bertz CT molecular complexity index is 1280. The zero-order valence-corrected chi connectivity index (χ0v) is 22.9. The third-order valence-corrected chi connectivity index (χ3v) is 7.04. The van der Waals surface area contributed by atoms with Gasteiger partial charge in [-0.25, -0.2) is 9.37 Å². The highest BCUT2D eigenvalue weighted by Crippen LogP contribution is 2.31. The number of hydrogen-bond donors (Lipinski definition) is 2. The van der Waals surface area contributed by atoms with E-state index in [1.54, 1.807) is 19.9 Å². The van der Waals surface area contributed by atoms with Crippen molar-refractivity contribution >= 4 is 29.7 Å². The number of benzene rings is 2. The van der Waals surface area contributed by atoms with Gasteiger partial charge in [-0.05, 0) is 86.1 Å². The van der Waals surface area contributed by atoms with E-state index in [4.69, 9.17) is 4.74 Å². The Morgan fingerprint density at radius 2 is 1.77 bits per heavy atom. The van der Waals surface area contributed by atoms with E-state index in [2.05, 4.69) is 10.3 Å². The predicted octanol–water partition coefficient (Wildman–Crippen LogP) is 7.32. The summed E-state index contributed by atoms with van der Waals surface area (Å²) < 4.78 is 18.9. The second kappa shape index (κ2) is 14.2. The largest absolute Gasteiger partial charge is 0.481 e. The van der Waals surface area contributed by atoms with Gasteiger partial charge in [-0.15, -0.1) is 0 Å². The highest BCUT2D eigenvalue weighted by Gasteiger charge is 2.37. The maximum absolute atomic E-state index is 13.0. The molecule has 0 aliphatic heterocycles. The molecule has 0 saturated carbocycles. The Labute approximate surface area is 229 Å². The Kier molecular flexibility index (Phi) is 10.8. The van der Waals surface area contributed by atoms with Crippen molar-refractivity contribution in [3.8, 4) is 5.88 Å². The molecule has 0 unspecified atom stereocenters. The zero-order valence-electron chi connectivity index (χ0n) is 22.9. The number of aryl methyl sites for hydroxylation is 2. The molecule has 3 rings (SSSR count). The molecule has 7 heteroatoms. The minimum absolute atomic E-state index is 0.0719. The standard InChI is InChI=1S/C32H37FN2O4/c1-4-32(5-2,31(37)38)22-29(36)34-27-11-8-10-25(21-27)15-18-28-23(3)12-19-30(35-28)39-20-7-6-9-24-13-16-26(33)17-14-24/h8,10-19,21H,4-7,9,20,22H2,1-3H3,(H,34,36)(H,37,38). The molecule has 0 aliphatic rings. The quantitative estimate of drug-likeness (QED) is 0.212. The van der Waals surface area contributed by atoms with Crippen LogP contribution in [0.2, 0.25) is 0 Å². The van der Waals surface area contributed by atoms with Crippen molar-refractivity contribution in [1.29, 1.82) is 0 Å². The molecule has 39 heavy (non-hydrogen) atoms. The maximum Gasteiger partial charge on any atom is 0.310 e. The highest BCUT2D eigenvalue weighted by atomic mass is 19.1. The third kappa shape index (κ3) is 8.77. The molecule has 3 aromatic rings. The molecule has 0 aliphatic carbocycles. The second-order valence-corrected chi connectivity index (χ2v) is 9.76. The van der Waals surface area contributed by atoms with Crippen molar-refractivity contribution in [3.63, 3.8) is 0 Å². The van der Waals surface area contributed by atoms with Gasteiger partial charge in [0, 0.05) is 18.2 Å². The van der Waals surface area contributed by atoms with Crippen LogP contribution in [0.25, 0.3) is 12.2 Å². The number of amides is 1. The van der Waals surface area contributed by atoms with Crippen LogP contribution in [0, 0.1) is 18.2 Å². The summed E-state index contributed by atoms with van der Waals surface area (Å²) in [5.74, 6) is -0.933. The number of carbonyl (C=O) groups excluding carboxylic acids is 1. The van der Waals surface area contributed by atoms with Crippen molar-refractivity contribution < 1.29 is 23.8 Å². The molecule has 1 heterocycles. The Balaban J connectivity index is 1.56. The zero-order chi connectivity index (χ0) is 28.3. The highest BCUT2D eigenvalue weighted by molar-refractivity contribution is 5.94. The first-order chi connectivity index (χ1) is 18.7. The van der Waals surface area contributed by atoms with Gasteiger partial charge in [-0.2, -0.15) is 0 Å². The van der Waals surface area contributed by atoms with Crippen LogP contribution in [-0.2, 0) is 16.0 Å². The normalized spacial score (nSPS) is 11.5. The molecule has 0 fully saturated rings. The van der Waals surface area contributed by atoms with Crippen molar-refractivity contribution in [2.24, 2.45) is 5.41 Å². The van der Waals surface area contributed by atoms with Crippen LogP contribution in [0.3, 0.4) is 0 Å². The van der Waals surface area contributed by atoms with Gasteiger partial charge < -0.3 is 15.2 Å². The topological polar surface area (TPSA) is 88.5 Å². The predicted molar refractivity (Wildman–Crippen MR) is 153 cm³/mol. The molecule has 0 atom stereocenters. The Morgan fingerprint density at radius 1 is 1.03 bits per heavy atom. The smallest absolute Gasteiger partial charge is 0.310 e. The molecule has 1 amide bonds. The van der Waals surface area contributed by atoms with E-state index in [-0.39, 0.29) is 18.1 Å². The number of rotatable bonds is 14. The van der Waals surface area contributed by atoms with Gasteiger partial charge in [0.15, 0.2) is 0 Å². The number of aliphatic carboxylic acids is 1. The van der Waals surface area contributed by atoms with Crippen LogP contribution < -0.4 is 10.1 Å². The fraction of sp³-hybridized carbons (Fsp3) is 0.344. The van der Waals surface area contributed by atoms with E-state index in [1.807, 2.05) is 61.5 Å². The number of pyridine rings is 1. The number of hydrogen-bond acceptors (Lipinski definition) is 4. The first kappa shape index (κ1) is 29.6. The van der Waals surface area contributed by atoms with Gasteiger partial charge in [0.2, 0.25) is 11.8 Å². The molecule has 0 radical (unpaired) electrons. The van der Waals surface area contributed by atoms with Gasteiger partial charge in [0.25, 0.3) is 0 Å². The average molecular weight is 533 g/mol. The Hall–Kier alpha value is -4.00. The van der Waals surface area contributed by atoms with Gasteiger partial charge in [0.1, 0.15) is 5.82 Å². The summed E-state index contributed by atoms with van der Waals surface area (Å²) in [6.45, 7) is 6.11. The fourth-order valence-electron chi connectivity index (χ4n) is 4.32. The lowest BCUT2D eigenvalue weighted by molar-refractivity contribution is -0.151. The molecule has 0 bridgehead atoms. The van der Waals surface area contributed by atoms with Crippen LogP contribution in [0.15, 0.2) is 60.7 Å². The van der Waals surface area contributed by atoms with Crippen LogP contribution in [0.4, 0.5) is 10.1 Å². The minimum Gasteiger partial charge on any atom is -0.481 e. The lowest BCUT2D eigenvalue weighted by atomic mass is 9.79. The summed E-state index contributed by atoms with van der Waals surface area (Å²) in [6.07, 6.45) is 7.19. The molecule has 2 N–H and O–H groups in total. The number of unbranched alkanes of at least 4 members (excludes halogenated alkanes) is 1. The number of halogens is 1. The van der Waals surface area contributed by atoms with Crippen LogP contribution in [0.5, 0.6) is 5.88 Å². The average Bonchev–Trinajstić information content (AvgIpc) is 2.92. The van der Waals surface area contributed by atoms with Crippen LogP contribution in [-0.4, -0.2) is 28.6 Å². The van der Waals surface area contributed by atoms with Gasteiger partial charge in [-0.3, -0.25) is 9.59 Å². The maximum atomic E-state index is 13.0. The molecule has 0 saturated heterocycles. The molecule has 6 nitrogen and oxygen atoms in total. The van der Waals surface area contributed by atoms with E-state index >= 15 is 0 Å². The van der Waals surface area contributed by atoms with E-state index in [0.717, 1.165) is 41.6 Å². The third-order valence-electron chi connectivity index (χ3n) is 7.04. The number of carbonyl (C=O) groups is 2. The number of nitrogens with zero attached hydrogens (tertiary/aromatic N) is 1. The molecular weight excluding hydrogens is 495 g/mol. The van der Waals surface area contributed by atoms with E-state index < -0.39 is 11.4 Å². The SMILES string of the molecule is CCC(CC)(CC(=O)Nc1cccc(C=Cc2nc(OCCCCc3ccc(F)cc3)ccc2C)c1)C(=O)O. The molecule has 1 aromatic heterocycles. The van der Waals surface area contributed by atoms with E-state index in [0.29, 0.717) is 31.0 Å². The molecule has 2 aromatic carbocycles. The lowest BCUT2D eigenvalue weighted by Crippen LogP contribution is -2.34. The van der Waals surface area contributed by atoms with Crippen molar-refractivity contribution in [3.05, 3.63) is 88.9 Å². The summed E-state index contributed by atoms with van der Waals surface area (Å²) in [6, 6.07) is 17.8. The summed E-state index contributed by atoms with van der Waals surface area (Å²) in [5, 5.41) is 12.4. The summed E-state index contributed by atoms with van der Waals surface area (Å²) in [5.41, 5.74) is 3.32. The summed E-state index contributed by atoms with van der Waals surface area (Å²) in [7, 11) is 0. The van der Waals surface area contributed by atoms with Crippen LogP contribution in [0.1, 0.15) is 68.3 Å².